The minimum Gasteiger partial charge on any atom is -0.299 e. The van der Waals surface area contributed by atoms with Gasteiger partial charge in [-0.05, 0) is 25.7 Å². The normalized spacial score (nSPS) is 12.3. The van der Waals surface area contributed by atoms with Gasteiger partial charge in [-0.1, -0.05) is 46.3 Å². The summed E-state index contributed by atoms with van der Waals surface area (Å²) in [6, 6.07) is 0. The molecule has 0 bridgehead atoms. The number of allylic oxidation sites excluding steroid dienone is 2. The fourth-order valence-corrected chi connectivity index (χ4v) is 1.33. The van der Waals surface area contributed by atoms with Crippen molar-refractivity contribution >= 4 is 5.78 Å². The predicted molar refractivity (Wildman–Crippen MR) is 67.0 cm³/mol. The number of unbranched alkanes of at least 4 members (excludes halogenated alkanes) is 3. The lowest BCUT2D eigenvalue weighted by atomic mass is 9.88. The van der Waals surface area contributed by atoms with Gasteiger partial charge in [0.15, 0.2) is 0 Å². The van der Waals surface area contributed by atoms with Gasteiger partial charge in [0.2, 0.25) is 0 Å². The largest absolute Gasteiger partial charge is 0.299 e. The average Bonchev–Trinajstić information content (AvgIpc) is 2.14. The van der Waals surface area contributed by atoms with Crippen LogP contribution in [0.2, 0.25) is 0 Å². The van der Waals surface area contributed by atoms with Crippen LogP contribution in [0.5, 0.6) is 0 Å². The Kier molecular flexibility index (Phi) is 7.37. The van der Waals surface area contributed by atoms with Crippen molar-refractivity contribution in [2.75, 3.05) is 0 Å². The van der Waals surface area contributed by atoms with Crippen LogP contribution in [0.25, 0.3) is 0 Å². The van der Waals surface area contributed by atoms with Gasteiger partial charge in [0.05, 0.1) is 0 Å². The number of rotatable bonds is 7. The first-order valence-electron chi connectivity index (χ1n) is 6.16. The van der Waals surface area contributed by atoms with Crippen LogP contribution >= 0.6 is 0 Å². The lowest BCUT2D eigenvalue weighted by Gasteiger charge is -2.15. The number of ketones is 1. The van der Waals surface area contributed by atoms with Gasteiger partial charge in [-0.25, -0.2) is 0 Å². The first-order chi connectivity index (χ1) is 6.98. The standard InChI is InChI=1S/C14H26O/c1-5-6-7-8-9-10-11-12-13(15)14(2,3)4/h7-8H,5-6,9-12H2,1-4H3/b8-7-. The first kappa shape index (κ1) is 14.4. The molecule has 0 aliphatic carbocycles. The van der Waals surface area contributed by atoms with Crippen molar-refractivity contribution in [1.29, 1.82) is 0 Å². The van der Waals surface area contributed by atoms with Gasteiger partial charge in [-0.3, -0.25) is 4.79 Å². The summed E-state index contributed by atoms with van der Waals surface area (Å²) < 4.78 is 0. The molecule has 0 aromatic carbocycles. The van der Waals surface area contributed by atoms with Crippen molar-refractivity contribution in [3.8, 4) is 0 Å². The van der Waals surface area contributed by atoms with Gasteiger partial charge in [0.25, 0.3) is 0 Å². The van der Waals surface area contributed by atoms with Crippen molar-refractivity contribution in [3.05, 3.63) is 12.2 Å². The van der Waals surface area contributed by atoms with Crippen molar-refractivity contribution in [1.82, 2.24) is 0 Å². The molecular weight excluding hydrogens is 184 g/mol. The van der Waals surface area contributed by atoms with E-state index in [1.54, 1.807) is 0 Å². The first-order valence-corrected chi connectivity index (χ1v) is 6.16. The highest BCUT2D eigenvalue weighted by Gasteiger charge is 2.19. The van der Waals surface area contributed by atoms with E-state index in [1.165, 1.54) is 12.8 Å². The molecule has 0 atom stereocenters. The lowest BCUT2D eigenvalue weighted by Crippen LogP contribution is -2.19. The van der Waals surface area contributed by atoms with E-state index in [0.717, 1.165) is 25.7 Å². The Labute approximate surface area is 95.0 Å². The van der Waals surface area contributed by atoms with Crippen LogP contribution in [0.4, 0.5) is 0 Å². The fourth-order valence-electron chi connectivity index (χ4n) is 1.33. The Hall–Kier alpha value is -0.590. The summed E-state index contributed by atoms with van der Waals surface area (Å²) in [6.45, 7) is 8.18. The van der Waals surface area contributed by atoms with E-state index in [2.05, 4.69) is 19.1 Å². The second kappa shape index (κ2) is 7.67. The Morgan fingerprint density at radius 2 is 1.67 bits per heavy atom. The second-order valence-electron chi connectivity index (χ2n) is 5.18. The monoisotopic (exact) mass is 210 g/mol. The summed E-state index contributed by atoms with van der Waals surface area (Å²) in [5, 5.41) is 0. The third kappa shape index (κ3) is 8.41. The maximum atomic E-state index is 11.6. The quantitative estimate of drug-likeness (QED) is 0.446. The third-order valence-electron chi connectivity index (χ3n) is 2.48. The van der Waals surface area contributed by atoms with Crippen LogP contribution in [-0.2, 0) is 4.79 Å². The van der Waals surface area contributed by atoms with E-state index >= 15 is 0 Å². The maximum absolute atomic E-state index is 11.6. The summed E-state index contributed by atoms with van der Waals surface area (Å²) in [7, 11) is 0. The Balaban J connectivity index is 3.43. The molecular formula is C14H26O. The van der Waals surface area contributed by atoms with Gasteiger partial charge < -0.3 is 0 Å². The van der Waals surface area contributed by atoms with E-state index in [0.29, 0.717) is 5.78 Å². The van der Waals surface area contributed by atoms with Crippen LogP contribution in [0.3, 0.4) is 0 Å². The Bertz CT molecular complexity index is 196. The molecule has 1 heteroatoms. The van der Waals surface area contributed by atoms with E-state index in [4.69, 9.17) is 0 Å². The molecule has 88 valence electrons. The Morgan fingerprint density at radius 1 is 1.07 bits per heavy atom. The van der Waals surface area contributed by atoms with E-state index in [9.17, 15) is 4.79 Å². The van der Waals surface area contributed by atoms with E-state index < -0.39 is 0 Å². The molecule has 0 heterocycles. The molecule has 0 aromatic heterocycles. The summed E-state index contributed by atoms with van der Waals surface area (Å²) in [5.74, 6) is 0.389. The minimum absolute atomic E-state index is 0.155. The predicted octanol–water partition coefficient (Wildman–Crippen LogP) is 4.52. The van der Waals surface area contributed by atoms with Crippen molar-refractivity contribution in [3.63, 3.8) is 0 Å². The zero-order chi connectivity index (χ0) is 11.7. The van der Waals surface area contributed by atoms with Gasteiger partial charge in [-0.15, -0.1) is 0 Å². The van der Waals surface area contributed by atoms with Crippen LogP contribution in [0.1, 0.15) is 66.2 Å². The highest BCUT2D eigenvalue weighted by atomic mass is 16.1. The Morgan fingerprint density at radius 3 is 2.20 bits per heavy atom. The topological polar surface area (TPSA) is 17.1 Å². The molecule has 0 aliphatic rings. The smallest absolute Gasteiger partial charge is 0.138 e. The lowest BCUT2D eigenvalue weighted by molar-refractivity contribution is -0.126. The number of carbonyl (C=O) groups is 1. The van der Waals surface area contributed by atoms with Gasteiger partial charge in [-0.2, -0.15) is 0 Å². The number of Topliss-reactive ketones (excluding diaryl/α,β-unsaturated/α-hetero) is 1. The molecule has 0 saturated carbocycles. The van der Waals surface area contributed by atoms with Crippen molar-refractivity contribution in [2.24, 2.45) is 5.41 Å². The molecule has 0 aliphatic heterocycles. The molecule has 0 rings (SSSR count). The number of hydrogen-bond donors (Lipinski definition) is 0. The average molecular weight is 210 g/mol. The van der Waals surface area contributed by atoms with E-state index in [1.807, 2.05) is 20.8 Å². The van der Waals surface area contributed by atoms with Crippen LogP contribution in [-0.4, -0.2) is 5.78 Å². The van der Waals surface area contributed by atoms with Crippen LogP contribution in [0.15, 0.2) is 12.2 Å². The number of carbonyl (C=O) groups excluding carboxylic acids is 1. The summed E-state index contributed by atoms with van der Waals surface area (Å²) in [6.07, 6.45) is 10.9. The summed E-state index contributed by atoms with van der Waals surface area (Å²) in [4.78, 5) is 11.6. The van der Waals surface area contributed by atoms with Gasteiger partial charge in [0, 0.05) is 11.8 Å². The highest BCUT2D eigenvalue weighted by molar-refractivity contribution is 5.83. The SMILES string of the molecule is CCC/C=C\CCCCC(=O)C(C)(C)C. The molecule has 0 radical (unpaired) electrons. The molecule has 0 aromatic rings. The second-order valence-corrected chi connectivity index (χ2v) is 5.18. The summed E-state index contributed by atoms with van der Waals surface area (Å²) in [5.41, 5.74) is -0.155. The molecule has 1 nitrogen and oxygen atoms in total. The van der Waals surface area contributed by atoms with Crippen LogP contribution < -0.4 is 0 Å². The zero-order valence-electron chi connectivity index (χ0n) is 10.8. The highest BCUT2D eigenvalue weighted by Crippen LogP contribution is 2.18. The number of hydrogen-bond acceptors (Lipinski definition) is 1. The van der Waals surface area contributed by atoms with Crippen LogP contribution in [0, 0.1) is 5.41 Å². The van der Waals surface area contributed by atoms with E-state index in [-0.39, 0.29) is 5.41 Å². The molecule has 0 fully saturated rings. The van der Waals surface area contributed by atoms with Crippen molar-refractivity contribution in [2.45, 2.75) is 66.2 Å². The molecule has 0 saturated heterocycles. The van der Waals surface area contributed by atoms with Gasteiger partial charge in [0.1, 0.15) is 5.78 Å². The fraction of sp³-hybridized carbons (Fsp3) is 0.786. The molecule has 0 unspecified atom stereocenters. The molecule has 0 N–H and O–H groups in total. The minimum atomic E-state index is -0.155. The molecule has 15 heavy (non-hydrogen) atoms. The van der Waals surface area contributed by atoms with Gasteiger partial charge >= 0.3 is 0 Å². The molecule has 0 spiro atoms. The molecule has 0 amide bonds. The third-order valence-corrected chi connectivity index (χ3v) is 2.48. The summed E-state index contributed by atoms with van der Waals surface area (Å²) >= 11 is 0. The maximum Gasteiger partial charge on any atom is 0.138 e. The van der Waals surface area contributed by atoms with Crippen molar-refractivity contribution < 1.29 is 4.79 Å². The zero-order valence-corrected chi connectivity index (χ0v) is 10.8.